The van der Waals surface area contributed by atoms with Crippen LogP contribution < -0.4 is 10.1 Å². The Bertz CT molecular complexity index is 693. The molecule has 23 heavy (non-hydrogen) atoms. The number of carbonyl (C=O) groups excluding carboxylic acids is 1. The maximum atomic E-state index is 14.0. The standard InChI is InChI=1S/C19H20FNO2/c1-23-15-8-6-14(7-9-15)10-13-21-18(22)19(11-12-19)16-4-2-3-5-17(16)20/h2-9H,10-13H2,1H3,(H,21,22). The van der Waals surface area contributed by atoms with Gasteiger partial charge >= 0.3 is 0 Å². The van der Waals surface area contributed by atoms with Crippen molar-refractivity contribution in [3.63, 3.8) is 0 Å². The van der Waals surface area contributed by atoms with Crippen molar-refractivity contribution in [1.29, 1.82) is 0 Å². The Morgan fingerprint density at radius 1 is 1.17 bits per heavy atom. The lowest BCUT2D eigenvalue weighted by Crippen LogP contribution is -2.36. The third kappa shape index (κ3) is 3.21. The van der Waals surface area contributed by atoms with Crippen molar-refractivity contribution >= 4 is 5.91 Å². The van der Waals surface area contributed by atoms with E-state index in [1.54, 1.807) is 25.3 Å². The first-order chi connectivity index (χ1) is 11.2. The van der Waals surface area contributed by atoms with Gasteiger partial charge in [-0.3, -0.25) is 4.79 Å². The molecule has 120 valence electrons. The minimum Gasteiger partial charge on any atom is -0.497 e. The van der Waals surface area contributed by atoms with E-state index in [1.165, 1.54) is 6.07 Å². The zero-order valence-electron chi connectivity index (χ0n) is 13.1. The van der Waals surface area contributed by atoms with Crippen LogP contribution in [0.1, 0.15) is 24.0 Å². The van der Waals surface area contributed by atoms with Crippen LogP contribution in [-0.2, 0) is 16.6 Å². The molecule has 1 aliphatic rings. The first-order valence-electron chi connectivity index (χ1n) is 7.82. The van der Waals surface area contributed by atoms with Crippen molar-refractivity contribution < 1.29 is 13.9 Å². The number of nitrogens with one attached hydrogen (secondary N) is 1. The maximum absolute atomic E-state index is 14.0. The summed E-state index contributed by atoms with van der Waals surface area (Å²) in [6, 6.07) is 14.3. The quantitative estimate of drug-likeness (QED) is 0.889. The van der Waals surface area contributed by atoms with E-state index in [1.807, 2.05) is 24.3 Å². The van der Waals surface area contributed by atoms with Crippen LogP contribution in [0.2, 0.25) is 0 Å². The van der Waals surface area contributed by atoms with E-state index in [4.69, 9.17) is 4.74 Å². The summed E-state index contributed by atoms with van der Waals surface area (Å²) in [6.45, 7) is 0.543. The molecule has 1 N–H and O–H groups in total. The van der Waals surface area contributed by atoms with Crippen LogP contribution in [0.4, 0.5) is 4.39 Å². The lowest BCUT2D eigenvalue weighted by atomic mass is 9.94. The highest BCUT2D eigenvalue weighted by molar-refractivity contribution is 5.91. The van der Waals surface area contributed by atoms with E-state index in [0.29, 0.717) is 24.9 Å². The molecular weight excluding hydrogens is 293 g/mol. The summed E-state index contributed by atoms with van der Waals surface area (Å²) in [7, 11) is 1.63. The molecular formula is C19H20FNO2. The summed E-state index contributed by atoms with van der Waals surface area (Å²) in [6.07, 6.45) is 2.16. The SMILES string of the molecule is COc1ccc(CCNC(=O)C2(c3ccccc3F)CC2)cc1. The molecule has 1 amide bonds. The van der Waals surface area contributed by atoms with Gasteiger partial charge in [-0.1, -0.05) is 30.3 Å². The minimum absolute atomic E-state index is 0.0730. The molecule has 0 bridgehead atoms. The number of carbonyl (C=O) groups is 1. The lowest BCUT2D eigenvalue weighted by Gasteiger charge is -2.16. The number of halogens is 1. The Morgan fingerprint density at radius 2 is 1.87 bits per heavy atom. The maximum Gasteiger partial charge on any atom is 0.230 e. The highest BCUT2D eigenvalue weighted by atomic mass is 19.1. The van der Waals surface area contributed by atoms with Gasteiger partial charge in [0.25, 0.3) is 0 Å². The van der Waals surface area contributed by atoms with Crippen LogP contribution in [0.25, 0.3) is 0 Å². The lowest BCUT2D eigenvalue weighted by molar-refractivity contribution is -0.123. The topological polar surface area (TPSA) is 38.3 Å². The number of hydrogen-bond acceptors (Lipinski definition) is 2. The van der Waals surface area contributed by atoms with Gasteiger partial charge in [0.1, 0.15) is 11.6 Å². The van der Waals surface area contributed by atoms with Crippen molar-refractivity contribution in [3.8, 4) is 5.75 Å². The second-order valence-electron chi connectivity index (χ2n) is 5.92. The average Bonchev–Trinajstić information content (AvgIpc) is 3.37. The Hall–Kier alpha value is -2.36. The molecule has 3 nitrogen and oxygen atoms in total. The number of rotatable bonds is 6. The summed E-state index contributed by atoms with van der Waals surface area (Å²) >= 11 is 0. The number of hydrogen-bond donors (Lipinski definition) is 1. The summed E-state index contributed by atoms with van der Waals surface area (Å²) in [5, 5.41) is 2.95. The molecule has 1 fully saturated rings. The van der Waals surface area contributed by atoms with Gasteiger partial charge in [-0.05, 0) is 43.0 Å². The van der Waals surface area contributed by atoms with E-state index in [-0.39, 0.29) is 11.7 Å². The van der Waals surface area contributed by atoms with E-state index < -0.39 is 5.41 Å². The average molecular weight is 313 g/mol. The fourth-order valence-electron chi connectivity index (χ4n) is 2.87. The highest BCUT2D eigenvalue weighted by Gasteiger charge is 2.52. The van der Waals surface area contributed by atoms with Crippen molar-refractivity contribution in [2.45, 2.75) is 24.7 Å². The van der Waals surface area contributed by atoms with Gasteiger partial charge in [0.15, 0.2) is 0 Å². The first kappa shape index (κ1) is 15.5. The molecule has 0 unspecified atom stereocenters. The second-order valence-corrected chi connectivity index (χ2v) is 5.92. The van der Waals surface area contributed by atoms with Crippen LogP contribution in [0.5, 0.6) is 5.75 Å². The Morgan fingerprint density at radius 3 is 2.48 bits per heavy atom. The highest BCUT2D eigenvalue weighted by Crippen LogP contribution is 2.49. The molecule has 1 aliphatic carbocycles. The second kappa shape index (κ2) is 6.41. The van der Waals surface area contributed by atoms with Crippen LogP contribution in [0.15, 0.2) is 48.5 Å². The Labute approximate surface area is 135 Å². The van der Waals surface area contributed by atoms with Crippen molar-refractivity contribution in [2.24, 2.45) is 0 Å². The Kier molecular flexibility index (Phi) is 4.33. The van der Waals surface area contributed by atoms with E-state index >= 15 is 0 Å². The Balaban J connectivity index is 1.58. The summed E-state index contributed by atoms with van der Waals surface area (Å²) in [5.74, 6) is 0.445. The van der Waals surface area contributed by atoms with Crippen molar-refractivity contribution in [1.82, 2.24) is 5.32 Å². The molecule has 4 heteroatoms. The van der Waals surface area contributed by atoms with Gasteiger partial charge in [0, 0.05) is 12.1 Å². The minimum atomic E-state index is -0.661. The number of ether oxygens (including phenoxy) is 1. The molecule has 2 aromatic rings. The molecule has 2 aromatic carbocycles. The smallest absolute Gasteiger partial charge is 0.230 e. The third-order valence-corrected chi connectivity index (χ3v) is 4.43. The van der Waals surface area contributed by atoms with Gasteiger partial charge in [-0.2, -0.15) is 0 Å². The van der Waals surface area contributed by atoms with E-state index in [2.05, 4.69) is 5.32 Å². The van der Waals surface area contributed by atoms with Crippen LogP contribution in [0, 0.1) is 5.82 Å². The molecule has 0 spiro atoms. The van der Waals surface area contributed by atoms with Gasteiger partial charge in [0.05, 0.1) is 12.5 Å². The van der Waals surface area contributed by atoms with Crippen LogP contribution in [-0.4, -0.2) is 19.6 Å². The summed E-state index contributed by atoms with van der Waals surface area (Å²) in [5.41, 5.74) is 0.981. The largest absolute Gasteiger partial charge is 0.497 e. The molecule has 0 aromatic heterocycles. The van der Waals surface area contributed by atoms with Gasteiger partial charge in [-0.15, -0.1) is 0 Å². The predicted octanol–water partition coefficient (Wildman–Crippen LogP) is 3.22. The fourth-order valence-corrected chi connectivity index (χ4v) is 2.87. The van der Waals surface area contributed by atoms with Crippen LogP contribution in [0.3, 0.4) is 0 Å². The zero-order valence-corrected chi connectivity index (χ0v) is 13.1. The van der Waals surface area contributed by atoms with Crippen molar-refractivity contribution in [3.05, 3.63) is 65.5 Å². The fraction of sp³-hybridized carbons (Fsp3) is 0.316. The monoisotopic (exact) mass is 313 g/mol. The van der Waals surface area contributed by atoms with Gasteiger partial charge < -0.3 is 10.1 Å². The van der Waals surface area contributed by atoms with E-state index in [0.717, 1.165) is 17.7 Å². The number of methoxy groups -OCH3 is 1. The molecule has 1 saturated carbocycles. The summed E-state index contributed by atoms with van der Waals surface area (Å²) in [4.78, 5) is 12.5. The van der Waals surface area contributed by atoms with Gasteiger partial charge in [-0.25, -0.2) is 4.39 Å². The molecule has 0 atom stereocenters. The zero-order chi connectivity index (χ0) is 16.3. The molecule has 0 aliphatic heterocycles. The third-order valence-electron chi connectivity index (χ3n) is 4.43. The molecule has 0 radical (unpaired) electrons. The molecule has 0 heterocycles. The van der Waals surface area contributed by atoms with Crippen molar-refractivity contribution in [2.75, 3.05) is 13.7 Å². The van der Waals surface area contributed by atoms with Crippen LogP contribution >= 0.6 is 0 Å². The van der Waals surface area contributed by atoms with E-state index in [9.17, 15) is 9.18 Å². The summed E-state index contributed by atoms with van der Waals surface area (Å²) < 4.78 is 19.1. The predicted molar refractivity (Wildman–Crippen MR) is 87.0 cm³/mol. The molecule has 3 rings (SSSR count). The number of amides is 1. The van der Waals surface area contributed by atoms with Gasteiger partial charge in [0.2, 0.25) is 5.91 Å². The molecule has 0 saturated heterocycles. The first-order valence-corrected chi connectivity index (χ1v) is 7.82. The number of benzene rings is 2. The normalized spacial score (nSPS) is 15.0.